The predicted molar refractivity (Wildman–Crippen MR) is 137 cm³/mol. The fourth-order valence-electron chi connectivity index (χ4n) is 4.04. The van der Waals surface area contributed by atoms with E-state index >= 15 is 0 Å². The van der Waals surface area contributed by atoms with Gasteiger partial charge in [-0.3, -0.25) is 9.36 Å². The van der Waals surface area contributed by atoms with Crippen LogP contribution in [0, 0.1) is 5.95 Å². The van der Waals surface area contributed by atoms with Crippen LogP contribution >= 0.6 is 0 Å². The van der Waals surface area contributed by atoms with Crippen LogP contribution in [0.4, 0.5) is 4.39 Å². The molecule has 0 saturated carbocycles. The number of nitrogens with zero attached hydrogens (tertiary/aromatic N) is 3. The summed E-state index contributed by atoms with van der Waals surface area (Å²) in [6.07, 6.45) is 1.32. The van der Waals surface area contributed by atoms with Crippen molar-refractivity contribution in [1.82, 2.24) is 14.5 Å². The van der Waals surface area contributed by atoms with Crippen LogP contribution in [-0.4, -0.2) is 48.4 Å². The van der Waals surface area contributed by atoms with E-state index < -0.39 is 38.2 Å². The third-order valence-electron chi connectivity index (χ3n) is 5.88. The summed E-state index contributed by atoms with van der Waals surface area (Å²) in [4.78, 5) is 20.4. The Labute approximate surface area is 219 Å². The topological polar surface area (TPSA) is 121 Å². The minimum atomic E-state index is -4.50. The molecule has 11 heteroatoms. The maximum absolute atomic E-state index is 13.8. The Balaban J connectivity index is 1.85. The molecule has 4 aromatic rings. The second-order valence-electron chi connectivity index (χ2n) is 8.27. The van der Waals surface area contributed by atoms with Gasteiger partial charge in [0.25, 0.3) is 5.56 Å². The minimum Gasteiger partial charge on any atom is -0.492 e. The van der Waals surface area contributed by atoms with Gasteiger partial charge in [-0.1, -0.05) is 42.5 Å². The van der Waals surface area contributed by atoms with Crippen LogP contribution in [0.1, 0.15) is 24.4 Å². The highest BCUT2D eigenvalue weighted by Gasteiger charge is 2.32. The third kappa shape index (κ3) is 5.49. The lowest BCUT2D eigenvalue weighted by Crippen LogP contribution is -2.35. The van der Waals surface area contributed by atoms with Gasteiger partial charge in [0.2, 0.25) is 21.7 Å². The Morgan fingerprint density at radius 1 is 1.03 bits per heavy atom. The molecule has 2 aromatic carbocycles. The number of halogens is 1. The predicted octanol–water partition coefficient (Wildman–Crippen LogP) is 3.76. The van der Waals surface area contributed by atoms with Gasteiger partial charge in [0.15, 0.2) is 4.90 Å². The summed E-state index contributed by atoms with van der Waals surface area (Å²) in [5.74, 6) is -1.50. The first-order valence-corrected chi connectivity index (χ1v) is 13.2. The molecule has 4 rings (SSSR count). The Morgan fingerprint density at radius 3 is 2.32 bits per heavy atom. The van der Waals surface area contributed by atoms with Gasteiger partial charge in [0, 0.05) is 25.5 Å². The van der Waals surface area contributed by atoms with E-state index in [0.717, 1.165) is 0 Å². The molecule has 198 valence electrons. The van der Waals surface area contributed by atoms with Gasteiger partial charge in [0.1, 0.15) is 12.4 Å². The molecule has 0 aliphatic heterocycles. The van der Waals surface area contributed by atoms with Gasteiger partial charge in [-0.25, -0.2) is 13.4 Å². The molecule has 9 nitrogen and oxygen atoms in total. The van der Waals surface area contributed by atoms with Crippen molar-refractivity contribution in [3.63, 3.8) is 0 Å². The number of methoxy groups -OCH3 is 1. The van der Waals surface area contributed by atoms with Crippen molar-refractivity contribution in [1.29, 1.82) is 0 Å². The Bertz CT molecular complexity index is 1560. The fraction of sp³-hybridized carbons (Fsp3) is 0.222. The molecule has 0 spiro atoms. The largest absolute Gasteiger partial charge is 0.492 e. The van der Waals surface area contributed by atoms with Crippen molar-refractivity contribution < 1.29 is 27.4 Å². The summed E-state index contributed by atoms with van der Waals surface area (Å²) in [7, 11) is -3.03. The highest BCUT2D eigenvalue weighted by Crippen LogP contribution is 2.29. The van der Waals surface area contributed by atoms with Crippen molar-refractivity contribution in [2.24, 2.45) is 0 Å². The third-order valence-corrected chi connectivity index (χ3v) is 7.67. The smallest absolute Gasteiger partial charge is 0.277 e. The molecule has 0 fully saturated rings. The standard InChI is InChI=1S/C27H26FN3O6S/c1-3-37-17-24-30-26(32)25(27(33)31(24)22(16-36-2)19-7-5-4-6-8-19)38(34,35)21-12-9-18(10-13-21)20-11-14-23(28)29-15-20/h4-15,22,32H,3,16-17H2,1-2H3. The zero-order valence-corrected chi connectivity index (χ0v) is 21.6. The molecule has 0 bridgehead atoms. The number of ether oxygens (including phenoxy) is 2. The fourth-order valence-corrected chi connectivity index (χ4v) is 5.39. The Hall–Kier alpha value is -3.93. The monoisotopic (exact) mass is 539 g/mol. The molecular formula is C27H26FN3O6S. The van der Waals surface area contributed by atoms with E-state index in [4.69, 9.17) is 9.47 Å². The number of benzene rings is 2. The lowest BCUT2D eigenvalue weighted by Gasteiger charge is -2.23. The van der Waals surface area contributed by atoms with Crippen molar-refractivity contribution in [3.05, 3.63) is 101 Å². The zero-order chi connectivity index (χ0) is 27.3. The second kappa shape index (κ2) is 11.6. The normalized spacial score (nSPS) is 12.4. The number of hydrogen-bond acceptors (Lipinski definition) is 8. The van der Waals surface area contributed by atoms with Gasteiger partial charge >= 0.3 is 0 Å². The van der Waals surface area contributed by atoms with Crippen LogP contribution in [0.3, 0.4) is 0 Å². The Morgan fingerprint density at radius 2 is 1.71 bits per heavy atom. The van der Waals surface area contributed by atoms with E-state index in [2.05, 4.69) is 9.97 Å². The van der Waals surface area contributed by atoms with Crippen LogP contribution in [-0.2, 0) is 25.9 Å². The maximum Gasteiger partial charge on any atom is 0.277 e. The van der Waals surface area contributed by atoms with Gasteiger partial charge in [-0.2, -0.15) is 9.37 Å². The molecule has 0 aliphatic rings. The van der Waals surface area contributed by atoms with Crippen molar-refractivity contribution in [2.45, 2.75) is 29.4 Å². The molecular weight excluding hydrogens is 513 g/mol. The van der Waals surface area contributed by atoms with Crippen LogP contribution in [0.5, 0.6) is 5.88 Å². The molecule has 1 atom stereocenters. The van der Waals surface area contributed by atoms with Crippen molar-refractivity contribution in [3.8, 4) is 17.0 Å². The van der Waals surface area contributed by atoms with E-state index in [1.807, 2.05) is 6.07 Å². The molecule has 38 heavy (non-hydrogen) atoms. The SMILES string of the molecule is CCOCc1nc(O)c(S(=O)(=O)c2ccc(-c3ccc(F)nc3)cc2)c(=O)n1C(COC)c1ccccc1. The highest BCUT2D eigenvalue weighted by molar-refractivity contribution is 7.91. The number of aromatic nitrogens is 3. The van der Waals surface area contributed by atoms with Crippen LogP contribution in [0.15, 0.2) is 87.5 Å². The lowest BCUT2D eigenvalue weighted by molar-refractivity contribution is 0.116. The van der Waals surface area contributed by atoms with Crippen LogP contribution < -0.4 is 5.56 Å². The summed E-state index contributed by atoms with van der Waals surface area (Å²) in [6.45, 7) is 1.98. The molecule has 2 aromatic heterocycles. The number of hydrogen-bond donors (Lipinski definition) is 1. The van der Waals surface area contributed by atoms with Crippen LogP contribution in [0.2, 0.25) is 0 Å². The molecule has 1 unspecified atom stereocenters. The van der Waals surface area contributed by atoms with E-state index in [9.17, 15) is 22.7 Å². The summed E-state index contributed by atoms with van der Waals surface area (Å²) >= 11 is 0. The molecule has 0 aliphatic carbocycles. The second-order valence-corrected chi connectivity index (χ2v) is 10.2. The number of rotatable bonds is 10. The highest BCUT2D eigenvalue weighted by atomic mass is 32.2. The van der Waals surface area contributed by atoms with Gasteiger partial charge < -0.3 is 14.6 Å². The van der Waals surface area contributed by atoms with E-state index in [0.29, 0.717) is 23.3 Å². The molecule has 2 heterocycles. The van der Waals surface area contributed by atoms with Crippen LogP contribution in [0.25, 0.3) is 11.1 Å². The van der Waals surface area contributed by atoms with Gasteiger partial charge in [0.05, 0.1) is 17.5 Å². The van der Waals surface area contributed by atoms with E-state index in [-0.39, 0.29) is 23.9 Å². The first kappa shape index (κ1) is 27.1. The van der Waals surface area contributed by atoms with Gasteiger partial charge in [-0.05, 0) is 42.3 Å². The molecule has 0 radical (unpaired) electrons. The van der Waals surface area contributed by atoms with Crippen molar-refractivity contribution >= 4 is 9.84 Å². The number of pyridine rings is 1. The summed E-state index contributed by atoms with van der Waals surface area (Å²) in [5.41, 5.74) is 0.896. The lowest BCUT2D eigenvalue weighted by atomic mass is 10.1. The summed E-state index contributed by atoms with van der Waals surface area (Å²) < 4.78 is 52.4. The van der Waals surface area contributed by atoms with E-state index in [1.54, 1.807) is 31.2 Å². The summed E-state index contributed by atoms with van der Waals surface area (Å²) in [6, 6.07) is 16.5. The molecule has 0 saturated heterocycles. The first-order chi connectivity index (χ1) is 18.3. The minimum absolute atomic E-state index is 0.0371. The quantitative estimate of drug-likeness (QED) is 0.303. The Kier molecular flexibility index (Phi) is 8.30. The first-order valence-electron chi connectivity index (χ1n) is 11.7. The summed E-state index contributed by atoms with van der Waals surface area (Å²) in [5, 5.41) is 10.7. The van der Waals surface area contributed by atoms with Gasteiger partial charge in [-0.15, -0.1) is 0 Å². The number of aromatic hydroxyl groups is 1. The van der Waals surface area contributed by atoms with Crippen molar-refractivity contribution in [2.75, 3.05) is 20.3 Å². The average molecular weight is 540 g/mol. The van der Waals surface area contributed by atoms with E-state index in [1.165, 1.54) is 54.3 Å². The molecule has 0 amide bonds. The average Bonchev–Trinajstić information content (AvgIpc) is 2.92. The number of sulfone groups is 1. The maximum atomic E-state index is 13.8. The molecule has 1 N–H and O–H groups in total. The zero-order valence-electron chi connectivity index (χ0n) is 20.7.